The largest absolute Gasteiger partial charge is 0.468 e. The molecule has 0 spiro atoms. The van der Waals surface area contributed by atoms with Gasteiger partial charge in [0.1, 0.15) is 5.76 Å². The Hall–Kier alpha value is -2.29. The Balaban J connectivity index is 1.96. The Morgan fingerprint density at radius 2 is 2.08 bits per heavy atom. The summed E-state index contributed by atoms with van der Waals surface area (Å²) in [4.78, 5) is 4.41. The van der Waals surface area contributed by atoms with Gasteiger partial charge < -0.3 is 14.6 Å². The van der Waals surface area contributed by atoms with Crippen molar-refractivity contribution in [3.63, 3.8) is 0 Å². The third kappa shape index (κ3) is 5.35. The van der Waals surface area contributed by atoms with Gasteiger partial charge >= 0.3 is 0 Å². The van der Waals surface area contributed by atoms with Crippen molar-refractivity contribution in [1.29, 1.82) is 5.26 Å². The number of hydrogen-bond acceptors (Lipinski definition) is 5. The standard InChI is InChI=1S/C21H30N4O/c1-5-25(12-7-11-22)19-10-9-18(17(2)14-19)15-23-16-20(24(3)4)21-8-6-13-26-21/h6,8-10,13-14,20,23H,5,7,12,15-16H2,1-4H3/t20-/m1/s1. The second-order valence-electron chi connectivity index (χ2n) is 6.72. The molecule has 1 aromatic carbocycles. The number of benzene rings is 1. The van der Waals surface area contributed by atoms with Gasteiger partial charge in [-0.3, -0.25) is 4.90 Å². The normalized spacial score (nSPS) is 12.2. The van der Waals surface area contributed by atoms with Crippen molar-refractivity contribution >= 4 is 5.69 Å². The molecule has 2 aromatic rings. The fourth-order valence-corrected chi connectivity index (χ4v) is 3.09. The summed E-state index contributed by atoms with van der Waals surface area (Å²) in [5.74, 6) is 0.977. The second-order valence-corrected chi connectivity index (χ2v) is 6.72. The van der Waals surface area contributed by atoms with Crippen LogP contribution >= 0.6 is 0 Å². The zero-order chi connectivity index (χ0) is 18.9. The van der Waals surface area contributed by atoms with Crippen LogP contribution in [0.4, 0.5) is 5.69 Å². The van der Waals surface area contributed by atoms with Crippen LogP contribution in [-0.4, -0.2) is 38.6 Å². The molecular formula is C21H30N4O. The molecule has 1 aromatic heterocycles. The van der Waals surface area contributed by atoms with Crippen LogP contribution in [-0.2, 0) is 6.54 Å². The van der Waals surface area contributed by atoms with Gasteiger partial charge in [-0.05, 0) is 63.3 Å². The SMILES string of the molecule is CCN(CCC#N)c1ccc(CNC[C@H](c2ccco2)N(C)C)c(C)c1. The highest BCUT2D eigenvalue weighted by Crippen LogP contribution is 2.21. The molecule has 2 rings (SSSR count). The third-order valence-electron chi connectivity index (χ3n) is 4.71. The van der Waals surface area contributed by atoms with E-state index in [-0.39, 0.29) is 6.04 Å². The van der Waals surface area contributed by atoms with Gasteiger partial charge in [-0.25, -0.2) is 0 Å². The van der Waals surface area contributed by atoms with E-state index in [1.54, 1.807) is 6.26 Å². The second kappa shape index (κ2) is 10.0. The van der Waals surface area contributed by atoms with Crippen molar-refractivity contribution in [1.82, 2.24) is 10.2 Å². The minimum Gasteiger partial charge on any atom is -0.468 e. The molecule has 0 fully saturated rings. The van der Waals surface area contributed by atoms with E-state index in [0.717, 1.165) is 31.9 Å². The molecule has 5 nitrogen and oxygen atoms in total. The van der Waals surface area contributed by atoms with Crippen molar-refractivity contribution in [2.75, 3.05) is 38.6 Å². The summed E-state index contributed by atoms with van der Waals surface area (Å²) in [5, 5.41) is 12.4. The number of nitrogens with one attached hydrogen (secondary N) is 1. The fourth-order valence-electron chi connectivity index (χ4n) is 3.09. The summed E-state index contributed by atoms with van der Waals surface area (Å²) in [7, 11) is 4.13. The van der Waals surface area contributed by atoms with Gasteiger partial charge in [-0.15, -0.1) is 0 Å². The Morgan fingerprint density at radius 1 is 1.27 bits per heavy atom. The third-order valence-corrected chi connectivity index (χ3v) is 4.71. The van der Waals surface area contributed by atoms with Gasteiger partial charge in [0.05, 0.1) is 24.8 Å². The molecule has 0 aliphatic carbocycles. The predicted octanol–water partition coefficient (Wildman–Crippen LogP) is 3.72. The number of nitrogens with zero attached hydrogens (tertiary/aromatic N) is 3. The van der Waals surface area contributed by atoms with Gasteiger partial charge in [0.15, 0.2) is 0 Å². The summed E-state index contributed by atoms with van der Waals surface area (Å²) >= 11 is 0. The Morgan fingerprint density at radius 3 is 2.65 bits per heavy atom. The first-order valence-corrected chi connectivity index (χ1v) is 9.18. The van der Waals surface area contributed by atoms with Crippen LogP contribution in [0.25, 0.3) is 0 Å². The van der Waals surface area contributed by atoms with Crippen LogP contribution in [0.15, 0.2) is 41.0 Å². The highest BCUT2D eigenvalue weighted by molar-refractivity contribution is 5.50. The lowest BCUT2D eigenvalue weighted by atomic mass is 10.1. The maximum Gasteiger partial charge on any atom is 0.122 e. The van der Waals surface area contributed by atoms with Crippen LogP contribution in [0.5, 0.6) is 0 Å². The lowest BCUT2D eigenvalue weighted by Gasteiger charge is -2.24. The number of rotatable bonds is 10. The number of furan rings is 1. The maximum atomic E-state index is 8.81. The molecule has 0 saturated heterocycles. The number of aryl methyl sites for hydroxylation is 1. The van der Waals surface area contributed by atoms with E-state index in [1.807, 2.05) is 12.1 Å². The average Bonchev–Trinajstić information content (AvgIpc) is 3.14. The Bertz CT molecular complexity index is 703. The van der Waals surface area contributed by atoms with Crippen molar-refractivity contribution in [3.05, 3.63) is 53.5 Å². The summed E-state index contributed by atoms with van der Waals surface area (Å²) in [6.07, 6.45) is 2.27. The first kappa shape index (κ1) is 20.0. The first-order chi connectivity index (χ1) is 12.6. The lowest BCUT2D eigenvalue weighted by molar-refractivity contribution is 0.250. The van der Waals surface area contributed by atoms with Crippen LogP contribution in [0.2, 0.25) is 0 Å². The van der Waals surface area contributed by atoms with Crippen molar-refractivity contribution in [2.45, 2.75) is 32.9 Å². The van der Waals surface area contributed by atoms with Crippen molar-refractivity contribution in [2.24, 2.45) is 0 Å². The van der Waals surface area contributed by atoms with Gasteiger partial charge in [-0.2, -0.15) is 5.26 Å². The number of hydrogen-bond donors (Lipinski definition) is 1. The summed E-state index contributed by atoms with van der Waals surface area (Å²) in [6, 6.07) is 12.9. The minimum atomic E-state index is 0.214. The summed E-state index contributed by atoms with van der Waals surface area (Å²) < 4.78 is 5.56. The zero-order valence-corrected chi connectivity index (χ0v) is 16.3. The van der Waals surface area contributed by atoms with Crippen LogP contribution in [0, 0.1) is 18.3 Å². The molecule has 0 unspecified atom stereocenters. The van der Waals surface area contributed by atoms with Gasteiger partial charge in [-0.1, -0.05) is 6.07 Å². The molecule has 0 aliphatic rings. The van der Waals surface area contributed by atoms with Gasteiger partial charge in [0.2, 0.25) is 0 Å². The topological polar surface area (TPSA) is 55.4 Å². The smallest absolute Gasteiger partial charge is 0.122 e. The van der Waals surface area contributed by atoms with E-state index >= 15 is 0 Å². The molecule has 1 atom stereocenters. The molecule has 0 aliphatic heterocycles. The van der Waals surface area contributed by atoms with E-state index in [0.29, 0.717) is 6.42 Å². The molecule has 0 amide bonds. The van der Waals surface area contributed by atoms with Crippen LogP contribution < -0.4 is 10.2 Å². The molecule has 0 saturated carbocycles. The Labute approximate surface area is 157 Å². The molecule has 140 valence electrons. The monoisotopic (exact) mass is 354 g/mol. The molecule has 26 heavy (non-hydrogen) atoms. The van der Waals surface area contributed by atoms with E-state index in [9.17, 15) is 0 Å². The lowest BCUT2D eigenvalue weighted by Crippen LogP contribution is -2.30. The van der Waals surface area contributed by atoms with E-state index in [4.69, 9.17) is 9.68 Å². The number of nitriles is 1. The van der Waals surface area contributed by atoms with Gasteiger partial charge in [0.25, 0.3) is 0 Å². The van der Waals surface area contributed by atoms with Crippen LogP contribution in [0.1, 0.15) is 36.3 Å². The van der Waals surface area contributed by atoms with Crippen LogP contribution in [0.3, 0.4) is 0 Å². The summed E-state index contributed by atoms with van der Waals surface area (Å²) in [5.41, 5.74) is 3.75. The quantitative estimate of drug-likeness (QED) is 0.705. The number of likely N-dealkylation sites (N-methyl/N-ethyl adjacent to an activating group) is 1. The highest BCUT2D eigenvalue weighted by atomic mass is 16.3. The summed E-state index contributed by atoms with van der Waals surface area (Å²) in [6.45, 7) is 7.60. The van der Waals surface area contributed by atoms with E-state index < -0.39 is 0 Å². The predicted molar refractivity (Wildman–Crippen MR) is 106 cm³/mol. The number of anilines is 1. The average molecular weight is 354 g/mol. The molecule has 1 N–H and O–H groups in total. The molecule has 5 heteroatoms. The highest BCUT2D eigenvalue weighted by Gasteiger charge is 2.16. The van der Waals surface area contributed by atoms with Crippen molar-refractivity contribution in [3.8, 4) is 6.07 Å². The van der Waals surface area contributed by atoms with Crippen molar-refractivity contribution < 1.29 is 4.42 Å². The zero-order valence-electron chi connectivity index (χ0n) is 16.3. The van der Waals surface area contributed by atoms with E-state index in [2.05, 4.69) is 67.3 Å². The first-order valence-electron chi connectivity index (χ1n) is 9.18. The van der Waals surface area contributed by atoms with E-state index in [1.165, 1.54) is 16.8 Å². The maximum absolute atomic E-state index is 8.81. The van der Waals surface area contributed by atoms with Gasteiger partial charge in [0, 0.05) is 31.9 Å². The molecular weight excluding hydrogens is 324 g/mol. The molecule has 0 bridgehead atoms. The molecule has 1 heterocycles. The molecule has 0 radical (unpaired) electrons. The Kier molecular flexibility index (Phi) is 7.71. The minimum absolute atomic E-state index is 0.214. The fraction of sp³-hybridized carbons (Fsp3) is 0.476.